The zero-order valence-corrected chi connectivity index (χ0v) is 14.4. The van der Waals surface area contributed by atoms with Gasteiger partial charge in [-0.15, -0.1) is 0 Å². The highest BCUT2D eigenvalue weighted by Crippen LogP contribution is 2.20. The molecule has 7 heteroatoms. The first-order valence-corrected chi connectivity index (χ1v) is 8.24. The SMILES string of the molecule is Cc1cc(NC(=O)c2cc(CN3CCOCC3)on2)ccc1Br. The molecular formula is C16H18BrN3O3. The summed E-state index contributed by atoms with van der Waals surface area (Å²) in [6.07, 6.45) is 0. The summed E-state index contributed by atoms with van der Waals surface area (Å²) in [7, 11) is 0. The van der Waals surface area contributed by atoms with E-state index in [0.29, 0.717) is 12.3 Å². The summed E-state index contributed by atoms with van der Waals surface area (Å²) in [5.74, 6) is 0.410. The number of amides is 1. The number of benzene rings is 1. The monoisotopic (exact) mass is 379 g/mol. The predicted molar refractivity (Wildman–Crippen MR) is 89.4 cm³/mol. The second-order valence-corrected chi connectivity index (χ2v) is 6.34. The lowest BCUT2D eigenvalue weighted by Crippen LogP contribution is -2.35. The van der Waals surface area contributed by atoms with Gasteiger partial charge in [0.25, 0.3) is 5.91 Å². The van der Waals surface area contributed by atoms with Crippen LogP contribution in [0.3, 0.4) is 0 Å². The quantitative estimate of drug-likeness (QED) is 0.884. The molecule has 0 radical (unpaired) electrons. The van der Waals surface area contributed by atoms with Crippen LogP contribution in [0.5, 0.6) is 0 Å². The van der Waals surface area contributed by atoms with Crippen LogP contribution in [0.2, 0.25) is 0 Å². The fraction of sp³-hybridized carbons (Fsp3) is 0.375. The minimum Gasteiger partial charge on any atom is -0.379 e. The first-order valence-electron chi connectivity index (χ1n) is 7.45. The maximum absolute atomic E-state index is 12.2. The van der Waals surface area contributed by atoms with Gasteiger partial charge in [-0.3, -0.25) is 9.69 Å². The third kappa shape index (κ3) is 4.19. The average Bonchev–Trinajstić information content (AvgIpc) is 3.00. The second-order valence-electron chi connectivity index (χ2n) is 5.49. The van der Waals surface area contributed by atoms with Gasteiger partial charge < -0.3 is 14.6 Å². The van der Waals surface area contributed by atoms with Crippen molar-refractivity contribution in [3.8, 4) is 0 Å². The molecule has 0 spiro atoms. The van der Waals surface area contributed by atoms with Crippen molar-refractivity contribution in [1.82, 2.24) is 10.1 Å². The Labute approximate surface area is 142 Å². The molecule has 0 aliphatic carbocycles. The molecular weight excluding hydrogens is 362 g/mol. The first-order chi connectivity index (χ1) is 11.1. The van der Waals surface area contributed by atoms with Gasteiger partial charge in [-0.2, -0.15) is 0 Å². The Morgan fingerprint density at radius 2 is 2.13 bits per heavy atom. The minimum atomic E-state index is -0.274. The number of nitrogens with zero attached hydrogens (tertiary/aromatic N) is 2. The van der Waals surface area contributed by atoms with E-state index in [4.69, 9.17) is 9.26 Å². The van der Waals surface area contributed by atoms with Crippen molar-refractivity contribution in [3.05, 3.63) is 45.8 Å². The Balaban J connectivity index is 1.62. The molecule has 1 aromatic carbocycles. The molecule has 1 N–H and O–H groups in total. The number of nitrogens with one attached hydrogen (secondary N) is 1. The summed E-state index contributed by atoms with van der Waals surface area (Å²) < 4.78 is 11.6. The largest absolute Gasteiger partial charge is 0.379 e. The molecule has 1 aromatic heterocycles. The van der Waals surface area contributed by atoms with Crippen molar-refractivity contribution in [2.75, 3.05) is 31.6 Å². The Bertz CT molecular complexity index is 696. The maximum Gasteiger partial charge on any atom is 0.277 e. The summed E-state index contributed by atoms with van der Waals surface area (Å²) in [6.45, 7) is 5.78. The summed E-state index contributed by atoms with van der Waals surface area (Å²) >= 11 is 3.44. The molecule has 1 amide bonds. The van der Waals surface area contributed by atoms with Gasteiger partial charge in [0.05, 0.1) is 19.8 Å². The van der Waals surface area contributed by atoms with Gasteiger partial charge in [0.1, 0.15) is 0 Å². The van der Waals surface area contributed by atoms with Crippen LogP contribution in [0.1, 0.15) is 21.8 Å². The average molecular weight is 380 g/mol. The van der Waals surface area contributed by atoms with Gasteiger partial charge in [-0.1, -0.05) is 21.1 Å². The smallest absolute Gasteiger partial charge is 0.277 e. The lowest BCUT2D eigenvalue weighted by molar-refractivity contribution is 0.0305. The van der Waals surface area contributed by atoms with E-state index in [9.17, 15) is 4.79 Å². The van der Waals surface area contributed by atoms with Crippen molar-refractivity contribution in [2.24, 2.45) is 0 Å². The van der Waals surface area contributed by atoms with E-state index in [2.05, 4.69) is 31.3 Å². The van der Waals surface area contributed by atoms with Gasteiger partial charge in [0.15, 0.2) is 11.5 Å². The lowest BCUT2D eigenvalue weighted by Gasteiger charge is -2.25. The van der Waals surface area contributed by atoms with E-state index in [1.54, 1.807) is 6.07 Å². The summed E-state index contributed by atoms with van der Waals surface area (Å²) in [5.41, 5.74) is 2.07. The van der Waals surface area contributed by atoms with Gasteiger partial charge >= 0.3 is 0 Å². The molecule has 0 bridgehead atoms. The summed E-state index contributed by atoms with van der Waals surface area (Å²) in [4.78, 5) is 14.4. The van der Waals surface area contributed by atoms with E-state index in [-0.39, 0.29) is 11.6 Å². The number of aryl methyl sites for hydroxylation is 1. The number of carbonyl (C=O) groups excluding carboxylic acids is 1. The summed E-state index contributed by atoms with van der Waals surface area (Å²) in [6, 6.07) is 7.33. The Hall–Kier alpha value is -1.70. The van der Waals surface area contributed by atoms with Crippen LogP contribution in [-0.4, -0.2) is 42.3 Å². The number of rotatable bonds is 4. The van der Waals surface area contributed by atoms with Crippen molar-refractivity contribution in [3.63, 3.8) is 0 Å². The number of hydrogen-bond acceptors (Lipinski definition) is 5. The molecule has 1 fully saturated rings. The van der Waals surface area contributed by atoms with Crippen molar-refractivity contribution in [2.45, 2.75) is 13.5 Å². The number of aromatic nitrogens is 1. The van der Waals surface area contributed by atoms with Crippen molar-refractivity contribution >= 4 is 27.5 Å². The standard InChI is InChI=1S/C16H18BrN3O3/c1-11-8-12(2-3-14(11)17)18-16(21)15-9-13(23-19-15)10-20-4-6-22-7-5-20/h2-3,8-9H,4-7,10H2,1H3,(H,18,21). The highest BCUT2D eigenvalue weighted by atomic mass is 79.9. The van der Waals surface area contributed by atoms with E-state index < -0.39 is 0 Å². The molecule has 6 nitrogen and oxygen atoms in total. The number of hydrogen-bond donors (Lipinski definition) is 1. The van der Waals surface area contributed by atoms with Crippen LogP contribution < -0.4 is 5.32 Å². The Morgan fingerprint density at radius 1 is 1.35 bits per heavy atom. The minimum absolute atomic E-state index is 0.274. The number of halogens is 1. The van der Waals surface area contributed by atoms with Crippen LogP contribution in [-0.2, 0) is 11.3 Å². The van der Waals surface area contributed by atoms with Crippen LogP contribution in [0.25, 0.3) is 0 Å². The molecule has 122 valence electrons. The number of carbonyl (C=O) groups is 1. The normalized spacial score (nSPS) is 15.6. The zero-order chi connectivity index (χ0) is 16.2. The summed E-state index contributed by atoms with van der Waals surface area (Å²) in [5, 5.41) is 6.69. The van der Waals surface area contributed by atoms with Gasteiger partial charge in [-0.25, -0.2) is 0 Å². The van der Waals surface area contributed by atoms with Gasteiger partial charge in [0.2, 0.25) is 0 Å². The highest BCUT2D eigenvalue weighted by Gasteiger charge is 2.17. The maximum atomic E-state index is 12.2. The first kappa shape index (κ1) is 16.2. The predicted octanol–water partition coefficient (Wildman–Crippen LogP) is 2.83. The van der Waals surface area contributed by atoms with Crippen LogP contribution in [0, 0.1) is 6.92 Å². The number of morpholine rings is 1. The molecule has 1 aliphatic rings. The molecule has 2 heterocycles. The molecule has 1 saturated heterocycles. The third-order valence-electron chi connectivity index (χ3n) is 3.69. The fourth-order valence-corrected chi connectivity index (χ4v) is 2.64. The van der Waals surface area contributed by atoms with Crippen LogP contribution in [0.4, 0.5) is 5.69 Å². The molecule has 23 heavy (non-hydrogen) atoms. The zero-order valence-electron chi connectivity index (χ0n) is 12.8. The number of ether oxygens (including phenoxy) is 1. The molecule has 0 unspecified atom stereocenters. The molecule has 0 saturated carbocycles. The van der Waals surface area contributed by atoms with Gasteiger partial charge in [0, 0.05) is 29.3 Å². The van der Waals surface area contributed by atoms with E-state index >= 15 is 0 Å². The molecule has 1 aliphatic heterocycles. The van der Waals surface area contributed by atoms with E-state index in [1.807, 2.05) is 25.1 Å². The topological polar surface area (TPSA) is 67.6 Å². The van der Waals surface area contributed by atoms with Crippen molar-refractivity contribution in [1.29, 1.82) is 0 Å². The Kier molecular flexibility index (Phi) is 5.09. The number of anilines is 1. The van der Waals surface area contributed by atoms with Crippen molar-refractivity contribution < 1.29 is 14.1 Å². The fourth-order valence-electron chi connectivity index (χ4n) is 2.39. The molecule has 2 aromatic rings. The van der Waals surface area contributed by atoms with E-state index in [1.165, 1.54) is 0 Å². The van der Waals surface area contributed by atoms with Crippen LogP contribution >= 0.6 is 15.9 Å². The third-order valence-corrected chi connectivity index (χ3v) is 4.58. The molecule has 0 atom stereocenters. The Morgan fingerprint density at radius 3 is 2.87 bits per heavy atom. The second kappa shape index (κ2) is 7.25. The van der Waals surface area contributed by atoms with Gasteiger partial charge in [-0.05, 0) is 30.7 Å². The highest BCUT2D eigenvalue weighted by molar-refractivity contribution is 9.10. The van der Waals surface area contributed by atoms with Crippen LogP contribution in [0.15, 0.2) is 33.3 Å². The van der Waals surface area contributed by atoms with E-state index in [0.717, 1.165) is 42.0 Å². The lowest BCUT2D eigenvalue weighted by atomic mass is 10.2. The molecule has 3 rings (SSSR count).